The molecule has 1 aromatic carbocycles. The van der Waals surface area contributed by atoms with Crippen LogP contribution in [0.25, 0.3) is 0 Å². The molecule has 136 valence electrons. The molecule has 2 fully saturated rings. The highest BCUT2D eigenvalue weighted by molar-refractivity contribution is 5.95. The number of carbonyl (C=O) groups excluding carboxylic acids is 1. The van der Waals surface area contributed by atoms with E-state index in [1.54, 1.807) is 4.90 Å². The Balaban J connectivity index is 1.57. The fourth-order valence-electron chi connectivity index (χ4n) is 3.77. The van der Waals surface area contributed by atoms with Crippen LogP contribution in [0.15, 0.2) is 23.2 Å². The Kier molecular flexibility index (Phi) is 5.78. The summed E-state index contributed by atoms with van der Waals surface area (Å²) in [6.07, 6.45) is 4.86. The molecule has 25 heavy (non-hydrogen) atoms. The molecule has 4 nitrogen and oxygen atoms in total. The molecule has 1 heterocycles. The predicted molar refractivity (Wildman–Crippen MR) is 94.1 cm³/mol. The van der Waals surface area contributed by atoms with Gasteiger partial charge in [0.1, 0.15) is 11.6 Å². The highest BCUT2D eigenvalue weighted by atomic mass is 19.1. The standard InChI is InChI=1S/C19H25F2N3O/c1-24(18-6-8-22-9-7-18)19(25)23-17-4-2-13(3-5-17)14-10-15(20)12-16(21)11-14/h10-13,18,22H,2-9H2,1H3. The number of halogens is 2. The molecule has 1 aliphatic heterocycles. The lowest BCUT2D eigenvalue weighted by molar-refractivity contribution is 0.186. The highest BCUT2D eigenvalue weighted by Crippen LogP contribution is 2.32. The number of rotatable bonds is 2. The molecular formula is C19H25F2N3O. The predicted octanol–water partition coefficient (Wildman–Crippen LogP) is 3.87. The van der Waals surface area contributed by atoms with Crippen molar-refractivity contribution in [3.05, 3.63) is 35.4 Å². The maximum Gasteiger partial charge on any atom is 0.343 e. The maximum atomic E-state index is 13.4. The monoisotopic (exact) mass is 349 g/mol. The van der Waals surface area contributed by atoms with Gasteiger partial charge in [-0.25, -0.2) is 18.6 Å². The molecule has 3 rings (SSSR count). The number of benzene rings is 1. The first-order valence-corrected chi connectivity index (χ1v) is 9.03. The number of nitrogens with zero attached hydrogens (tertiary/aromatic N) is 2. The molecule has 0 atom stereocenters. The van der Waals surface area contributed by atoms with E-state index in [1.165, 1.54) is 12.1 Å². The van der Waals surface area contributed by atoms with Crippen LogP contribution in [-0.4, -0.2) is 42.8 Å². The molecule has 1 N–H and O–H groups in total. The number of piperidine rings is 1. The van der Waals surface area contributed by atoms with Crippen LogP contribution in [0.2, 0.25) is 0 Å². The fourth-order valence-corrected chi connectivity index (χ4v) is 3.77. The van der Waals surface area contributed by atoms with E-state index in [0.717, 1.165) is 50.6 Å². The molecule has 0 unspecified atom stereocenters. The zero-order valence-electron chi connectivity index (χ0n) is 14.6. The summed E-state index contributed by atoms with van der Waals surface area (Å²) in [5, 5.41) is 3.29. The van der Waals surface area contributed by atoms with Gasteiger partial charge in [-0.05, 0) is 75.2 Å². The van der Waals surface area contributed by atoms with E-state index < -0.39 is 11.6 Å². The first kappa shape index (κ1) is 18.0. The second kappa shape index (κ2) is 8.04. The normalized spacial score (nSPS) is 21.9. The summed E-state index contributed by atoms with van der Waals surface area (Å²) in [6, 6.07) is 3.80. The maximum absolute atomic E-state index is 13.4. The smallest absolute Gasteiger partial charge is 0.323 e. The molecule has 0 aromatic heterocycles. The molecule has 2 amide bonds. The summed E-state index contributed by atoms with van der Waals surface area (Å²) in [4.78, 5) is 18.4. The molecule has 6 heteroatoms. The van der Waals surface area contributed by atoms with Gasteiger partial charge in [-0.15, -0.1) is 0 Å². The zero-order chi connectivity index (χ0) is 17.8. The van der Waals surface area contributed by atoms with Crippen molar-refractivity contribution in [2.24, 2.45) is 4.99 Å². The van der Waals surface area contributed by atoms with Gasteiger partial charge < -0.3 is 10.2 Å². The van der Waals surface area contributed by atoms with Crippen LogP contribution in [0.3, 0.4) is 0 Å². The van der Waals surface area contributed by atoms with Crippen molar-refractivity contribution in [1.82, 2.24) is 10.2 Å². The Labute approximate surface area is 147 Å². The number of hydrogen-bond acceptors (Lipinski definition) is 2. The molecule has 2 aliphatic rings. The summed E-state index contributed by atoms with van der Waals surface area (Å²) in [5.41, 5.74) is 1.61. The summed E-state index contributed by atoms with van der Waals surface area (Å²) in [6.45, 7) is 1.87. The van der Waals surface area contributed by atoms with Gasteiger partial charge in [-0.2, -0.15) is 0 Å². The van der Waals surface area contributed by atoms with E-state index in [2.05, 4.69) is 10.3 Å². The Hall–Kier alpha value is -1.82. The van der Waals surface area contributed by atoms with Crippen LogP contribution in [0.1, 0.15) is 50.0 Å². The van der Waals surface area contributed by atoms with E-state index >= 15 is 0 Å². The largest absolute Gasteiger partial charge is 0.343 e. The molecule has 1 aliphatic carbocycles. The van der Waals surface area contributed by atoms with Crippen molar-refractivity contribution in [2.45, 2.75) is 50.5 Å². The molecule has 1 saturated heterocycles. The Morgan fingerprint density at radius 2 is 1.68 bits per heavy atom. The van der Waals surface area contributed by atoms with Crippen molar-refractivity contribution in [1.29, 1.82) is 0 Å². The third kappa shape index (κ3) is 4.63. The molecule has 1 saturated carbocycles. The summed E-state index contributed by atoms with van der Waals surface area (Å²) < 4.78 is 26.8. The van der Waals surface area contributed by atoms with Gasteiger partial charge >= 0.3 is 6.03 Å². The average Bonchev–Trinajstić information content (AvgIpc) is 2.61. The van der Waals surface area contributed by atoms with Crippen molar-refractivity contribution in [3.8, 4) is 0 Å². The van der Waals surface area contributed by atoms with E-state index in [4.69, 9.17) is 0 Å². The number of hydrogen-bond donors (Lipinski definition) is 1. The van der Waals surface area contributed by atoms with Crippen LogP contribution in [-0.2, 0) is 0 Å². The molecule has 0 spiro atoms. The molecular weight excluding hydrogens is 324 g/mol. The average molecular weight is 349 g/mol. The van der Waals surface area contributed by atoms with E-state index in [9.17, 15) is 13.6 Å². The highest BCUT2D eigenvalue weighted by Gasteiger charge is 2.24. The van der Waals surface area contributed by atoms with Gasteiger partial charge in [-0.3, -0.25) is 0 Å². The SMILES string of the molecule is CN(C(=O)N=C1CCC(c2cc(F)cc(F)c2)CC1)C1CCNCC1. The number of aliphatic imine (C=N–C) groups is 1. The van der Waals surface area contributed by atoms with Crippen LogP contribution < -0.4 is 5.32 Å². The van der Waals surface area contributed by atoms with E-state index in [-0.39, 0.29) is 18.0 Å². The number of urea groups is 1. The topological polar surface area (TPSA) is 44.7 Å². The van der Waals surface area contributed by atoms with Crippen molar-refractivity contribution < 1.29 is 13.6 Å². The molecule has 0 bridgehead atoms. The first-order chi connectivity index (χ1) is 12.0. The van der Waals surface area contributed by atoms with Gasteiger partial charge in [-0.1, -0.05) is 0 Å². The minimum absolute atomic E-state index is 0.126. The lowest BCUT2D eigenvalue weighted by Gasteiger charge is -2.31. The van der Waals surface area contributed by atoms with Crippen molar-refractivity contribution >= 4 is 11.7 Å². The second-order valence-corrected chi connectivity index (χ2v) is 7.03. The second-order valence-electron chi connectivity index (χ2n) is 7.03. The number of carbonyl (C=O) groups is 1. The summed E-state index contributed by atoms with van der Waals surface area (Å²) in [5.74, 6) is -0.942. The van der Waals surface area contributed by atoms with Crippen LogP contribution in [0.4, 0.5) is 13.6 Å². The van der Waals surface area contributed by atoms with Crippen molar-refractivity contribution in [3.63, 3.8) is 0 Å². The summed E-state index contributed by atoms with van der Waals surface area (Å²) >= 11 is 0. The first-order valence-electron chi connectivity index (χ1n) is 9.03. The molecule has 1 aromatic rings. The summed E-state index contributed by atoms with van der Waals surface area (Å²) in [7, 11) is 1.82. The van der Waals surface area contributed by atoms with Crippen molar-refractivity contribution in [2.75, 3.05) is 20.1 Å². The van der Waals surface area contributed by atoms with Gasteiger partial charge in [0.05, 0.1) is 0 Å². The minimum atomic E-state index is -0.534. The van der Waals surface area contributed by atoms with Gasteiger partial charge in [0.2, 0.25) is 0 Å². The number of amides is 2. The van der Waals surface area contributed by atoms with Gasteiger partial charge in [0.15, 0.2) is 0 Å². The third-order valence-corrected chi connectivity index (χ3v) is 5.33. The van der Waals surface area contributed by atoms with E-state index in [1.807, 2.05) is 7.05 Å². The van der Waals surface area contributed by atoms with Crippen LogP contribution >= 0.6 is 0 Å². The van der Waals surface area contributed by atoms with Crippen LogP contribution in [0.5, 0.6) is 0 Å². The lowest BCUT2D eigenvalue weighted by atomic mass is 9.83. The number of nitrogens with one attached hydrogen (secondary N) is 1. The van der Waals surface area contributed by atoms with Crippen LogP contribution in [0, 0.1) is 11.6 Å². The lowest BCUT2D eigenvalue weighted by Crippen LogP contribution is -2.43. The minimum Gasteiger partial charge on any atom is -0.323 e. The molecule has 0 radical (unpaired) electrons. The van der Waals surface area contributed by atoms with E-state index in [0.29, 0.717) is 18.4 Å². The Bertz CT molecular complexity index is 626. The quantitative estimate of drug-likeness (QED) is 0.881. The zero-order valence-corrected chi connectivity index (χ0v) is 14.6. The fraction of sp³-hybridized carbons (Fsp3) is 0.579. The Morgan fingerprint density at radius 1 is 1.08 bits per heavy atom. The third-order valence-electron chi connectivity index (χ3n) is 5.33. The van der Waals surface area contributed by atoms with Gasteiger partial charge in [0, 0.05) is 24.9 Å². The van der Waals surface area contributed by atoms with Gasteiger partial charge in [0.25, 0.3) is 0 Å². The Morgan fingerprint density at radius 3 is 2.28 bits per heavy atom.